The summed E-state index contributed by atoms with van der Waals surface area (Å²) in [4.78, 5) is 16.2. The Hall–Kier alpha value is -1.79. The highest BCUT2D eigenvalue weighted by Gasteiger charge is 2.17. The van der Waals surface area contributed by atoms with Crippen LogP contribution in [0.25, 0.3) is 0 Å². The fourth-order valence-electron chi connectivity index (χ4n) is 1.66. The first-order valence-corrected chi connectivity index (χ1v) is 6.75. The van der Waals surface area contributed by atoms with E-state index in [2.05, 4.69) is 26.2 Å². The number of nitrogens with two attached hydrogens (primary N) is 1. The van der Waals surface area contributed by atoms with Gasteiger partial charge in [-0.05, 0) is 34.1 Å². The van der Waals surface area contributed by atoms with Gasteiger partial charge in [-0.3, -0.25) is 4.79 Å². The molecule has 0 spiro atoms. The summed E-state index contributed by atoms with van der Waals surface area (Å²) < 4.78 is 5.84. The summed E-state index contributed by atoms with van der Waals surface area (Å²) in [5.74, 6) is -0.0247. The number of amides is 1. The van der Waals surface area contributed by atoms with E-state index in [0.717, 1.165) is 0 Å². The number of carbonyl (C=O) groups is 1. The van der Waals surface area contributed by atoms with E-state index in [1.165, 1.54) is 13.3 Å². The Kier molecular flexibility index (Phi) is 4.46. The number of hydrogen-bond donors (Lipinski definition) is 2. The molecular weight excluding hydrogens is 346 g/mol. The number of anilines is 2. The molecule has 0 aliphatic carbocycles. The van der Waals surface area contributed by atoms with Gasteiger partial charge in [-0.1, -0.05) is 17.7 Å². The van der Waals surface area contributed by atoms with Crippen LogP contribution < -0.4 is 15.8 Å². The summed E-state index contributed by atoms with van der Waals surface area (Å²) in [6, 6.07) is 6.64. The number of rotatable bonds is 3. The number of carbonyl (C=O) groups excluding carboxylic acids is 1. The van der Waals surface area contributed by atoms with E-state index in [1.807, 2.05) is 0 Å². The van der Waals surface area contributed by atoms with Crippen LogP contribution in [0.5, 0.6) is 5.75 Å². The van der Waals surface area contributed by atoms with Crippen LogP contribution in [0.4, 0.5) is 11.4 Å². The monoisotopic (exact) mass is 355 g/mol. The molecule has 0 radical (unpaired) electrons. The first-order chi connectivity index (χ1) is 9.52. The van der Waals surface area contributed by atoms with Gasteiger partial charge in [0.05, 0.1) is 12.8 Å². The molecule has 0 aliphatic heterocycles. The number of ether oxygens (including phenoxy) is 1. The Morgan fingerprint density at radius 1 is 1.50 bits per heavy atom. The number of pyridine rings is 1. The van der Waals surface area contributed by atoms with Crippen LogP contribution in [0.15, 0.2) is 34.9 Å². The normalized spacial score (nSPS) is 10.2. The van der Waals surface area contributed by atoms with E-state index in [0.29, 0.717) is 21.6 Å². The summed E-state index contributed by atoms with van der Waals surface area (Å²) in [5.41, 5.74) is 6.78. The Bertz CT molecular complexity index is 664. The van der Waals surface area contributed by atoms with Crippen LogP contribution in [0.1, 0.15) is 10.4 Å². The van der Waals surface area contributed by atoms with Gasteiger partial charge in [-0.2, -0.15) is 0 Å². The van der Waals surface area contributed by atoms with Crippen molar-refractivity contribution < 1.29 is 9.53 Å². The fraction of sp³-hybridized carbons (Fsp3) is 0.0769. The molecule has 0 saturated heterocycles. The quantitative estimate of drug-likeness (QED) is 0.653. The number of aromatic nitrogens is 1. The van der Waals surface area contributed by atoms with E-state index < -0.39 is 5.91 Å². The van der Waals surface area contributed by atoms with Gasteiger partial charge < -0.3 is 15.8 Å². The van der Waals surface area contributed by atoms with Crippen molar-refractivity contribution in [1.82, 2.24) is 4.98 Å². The number of hydrogen-bond acceptors (Lipinski definition) is 4. The summed E-state index contributed by atoms with van der Waals surface area (Å²) >= 11 is 9.20. The lowest BCUT2D eigenvalue weighted by molar-refractivity contribution is 0.102. The molecule has 5 nitrogen and oxygen atoms in total. The van der Waals surface area contributed by atoms with Crippen molar-refractivity contribution in [1.29, 1.82) is 0 Å². The van der Waals surface area contributed by atoms with Gasteiger partial charge >= 0.3 is 0 Å². The number of benzene rings is 1. The first kappa shape index (κ1) is 14.6. The van der Waals surface area contributed by atoms with Gasteiger partial charge in [-0.25, -0.2) is 4.98 Å². The topological polar surface area (TPSA) is 77.2 Å². The Labute approximate surface area is 129 Å². The molecule has 0 aliphatic rings. The highest BCUT2D eigenvalue weighted by Crippen LogP contribution is 2.28. The van der Waals surface area contributed by atoms with E-state index in [9.17, 15) is 4.79 Å². The molecular formula is C13H11BrClN3O2. The highest BCUT2D eigenvalue weighted by molar-refractivity contribution is 9.10. The molecule has 0 fully saturated rings. The number of halogens is 2. The lowest BCUT2D eigenvalue weighted by atomic mass is 10.1. The molecule has 0 atom stereocenters. The summed E-state index contributed by atoms with van der Waals surface area (Å²) in [7, 11) is 1.47. The van der Waals surface area contributed by atoms with Crippen LogP contribution in [0.3, 0.4) is 0 Å². The maximum absolute atomic E-state index is 12.3. The second-order valence-electron chi connectivity index (χ2n) is 3.87. The third kappa shape index (κ3) is 3.02. The van der Waals surface area contributed by atoms with Gasteiger partial charge in [0.2, 0.25) is 0 Å². The number of nitrogens with zero attached hydrogens (tertiary/aromatic N) is 1. The lowest BCUT2D eigenvalue weighted by Crippen LogP contribution is -2.15. The van der Waals surface area contributed by atoms with Crippen molar-refractivity contribution in [2.75, 3.05) is 18.2 Å². The van der Waals surface area contributed by atoms with E-state index in [4.69, 9.17) is 22.1 Å². The average Bonchev–Trinajstić information content (AvgIpc) is 2.42. The number of nitrogen functional groups attached to an aromatic ring is 1. The molecule has 3 N–H and O–H groups in total. The maximum Gasteiger partial charge on any atom is 0.261 e. The Balaban J connectivity index is 2.36. The third-order valence-electron chi connectivity index (χ3n) is 2.56. The third-order valence-corrected chi connectivity index (χ3v) is 3.29. The van der Waals surface area contributed by atoms with Crippen molar-refractivity contribution in [2.45, 2.75) is 0 Å². The second kappa shape index (κ2) is 6.11. The van der Waals surface area contributed by atoms with Crippen molar-refractivity contribution in [3.05, 3.63) is 45.7 Å². The van der Waals surface area contributed by atoms with E-state index in [1.54, 1.807) is 24.3 Å². The minimum absolute atomic E-state index is 0.190. The fourth-order valence-corrected chi connectivity index (χ4v) is 2.14. The second-order valence-corrected chi connectivity index (χ2v) is 5.14. The predicted molar refractivity (Wildman–Crippen MR) is 82.3 cm³/mol. The van der Waals surface area contributed by atoms with Crippen molar-refractivity contribution in [3.8, 4) is 5.75 Å². The first-order valence-electron chi connectivity index (χ1n) is 5.57. The van der Waals surface area contributed by atoms with Crippen LogP contribution in [-0.4, -0.2) is 18.0 Å². The molecule has 1 aromatic carbocycles. The largest absolute Gasteiger partial charge is 0.496 e. The van der Waals surface area contributed by atoms with Gasteiger partial charge in [0.15, 0.2) is 5.15 Å². The van der Waals surface area contributed by atoms with Crippen molar-refractivity contribution >= 4 is 44.8 Å². The van der Waals surface area contributed by atoms with Gasteiger partial charge in [0.1, 0.15) is 11.3 Å². The highest BCUT2D eigenvalue weighted by atomic mass is 79.9. The molecule has 20 heavy (non-hydrogen) atoms. The zero-order valence-electron chi connectivity index (χ0n) is 10.5. The zero-order valence-corrected chi connectivity index (χ0v) is 12.8. The molecule has 1 heterocycles. The van der Waals surface area contributed by atoms with E-state index >= 15 is 0 Å². The molecule has 1 amide bonds. The summed E-state index contributed by atoms with van der Waals surface area (Å²) in [6.07, 6.45) is 1.54. The van der Waals surface area contributed by atoms with Crippen LogP contribution in [0.2, 0.25) is 5.15 Å². The molecule has 0 bridgehead atoms. The van der Waals surface area contributed by atoms with Crippen LogP contribution in [-0.2, 0) is 0 Å². The SMILES string of the molecule is COc1cccc(N)c1C(=O)Nc1cc(Br)cnc1Cl. The smallest absolute Gasteiger partial charge is 0.261 e. The van der Waals surface area contributed by atoms with Crippen LogP contribution >= 0.6 is 27.5 Å². The van der Waals surface area contributed by atoms with Gasteiger partial charge in [0.25, 0.3) is 5.91 Å². The summed E-state index contributed by atoms with van der Waals surface area (Å²) in [5, 5.41) is 2.85. The predicted octanol–water partition coefficient (Wildman–Crippen LogP) is 3.34. The standard InChI is InChI=1S/C13H11BrClN3O2/c1-20-10-4-2-3-8(16)11(10)13(19)18-9-5-7(14)6-17-12(9)15/h2-6H,16H2,1H3,(H,18,19). The zero-order chi connectivity index (χ0) is 14.7. The Morgan fingerprint density at radius 3 is 2.95 bits per heavy atom. The number of methoxy groups -OCH3 is 1. The molecule has 0 unspecified atom stereocenters. The minimum Gasteiger partial charge on any atom is -0.496 e. The van der Waals surface area contributed by atoms with Gasteiger partial charge in [0, 0.05) is 16.4 Å². The molecule has 2 rings (SSSR count). The van der Waals surface area contributed by atoms with Crippen molar-refractivity contribution in [3.63, 3.8) is 0 Å². The minimum atomic E-state index is -0.415. The maximum atomic E-state index is 12.3. The molecule has 1 aromatic heterocycles. The lowest BCUT2D eigenvalue weighted by Gasteiger charge is -2.12. The van der Waals surface area contributed by atoms with Gasteiger partial charge in [-0.15, -0.1) is 0 Å². The average molecular weight is 357 g/mol. The molecule has 0 saturated carbocycles. The van der Waals surface area contributed by atoms with Crippen LogP contribution in [0, 0.1) is 0 Å². The molecule has 104 valence electrons. The summed E-state index contributed by atoms with van der Waals surface area (Å²) in [6.45, 7) is 0. The molecule has 7 heteroatoms. The molecule has 2 aromatic rings. The Morgan fingerprint density at radius 2 is 2.25 bits per heavy atom. The van der Waals surface area contributed by atoms with Crippen molar-refractivity contribution in [2.24, 2.45) is 0 Å². The van der Waals surface area contributed by atoms with E-state index in [-0.39, 0.29) is 10.7 Å². The number of nitrogens with one attached hydrogen (secondary N) is 1.